The maximum atomic E-state index is 12.9. The van der Waals surface area contributed by atoms with Gasteiger partial charge >= 0.3 is 10.2 Å². The van der Waals surface area contributed by atoms with Gasteiger partial charge in [0.2, 0.25) is 5.91 Å². The summed E-state index contributed by atoms with van der Waals surface area (Å²) in [4.78, 5) is 12.6. The van der Waals surface area contributed by atoms with Crippen LogP contribution < -0.4 is 14.4 Å². The number of nitrogens with zero attached hydrogens (tertiary/aromatic N) is 2. The molecule has 8 heteroatoms. The predicted octanol–water partition coefficient (Wildman–Crippen LogP) is 3.23. The molecule has 1 amide bonds. The molecule has 0 spiro atoms. The van der Waals surface area contributed by atoms with Gasteiger partial charge in [0.1, 0.15) is 18.9 Å². The molecule has 0 radical (unpaired) electrons. The number of rotatable bonds is 10. The molecule has 1 N–H and O–H groups in total. The van der Waals surface area contributed by atoms with Gasteiger partial charge in [-0.1, -0.05) is 44.2 Å². The molecule has 2 aromatic rings. The monoisotopic (exact) mass is 447 g/mol. The van der Waals surface area contributed by atoms with Crippen molar-refractivity contribution in [1.29, 1.82) is 0 Å². The van der Waals surface area contributed by atoms with Gasteiger partial charge in [-0.2, -0.15) is 12.7 Å². The zero-order valence-electron chi connectivity index (χ0n) is 19.2. The van der Waals surface area contributed by atoms with E-state index in [4.69, 9.17) is 4.74 Å². The molecule has 0 saturated heterocycles. The van der Waals surface area contributed by atoms with Gasteiger partial charge in [0, 0.05) is 14.1 Å². The summed E-state index contributed by atoms with van der Waals surface area (Å²) in [5.41, 5.74) is 3.28. The van der Waals surface area contributed by atoms with Crippen LogP contribution in [-0.2, 0) is 15.0 Å². The first kappa shape index (κ1) is 24.7. The summed E-state index contributed by atoms with van der Waals surface area (Å²) < 4.78 is 33.9. The van der Waals surface area contributed by atoms with Gasteiger partial charge in [-0.3, -0.25) is 4.79 Å². The minimum Gasteiger partial charge on any atom is -0.491 e. The van der Waals surface area contributed by atoms with Crippen molar-refractivity contribution in [3.05, 3.63) is 59.2 Å². The molecule has 0 aliphatic rings. The summed E-state index contributed by atoms with van der Waals surface area (Å²) in [6, 6.07) is 13.3. The van der Waals surface area contributed by atoms with E-state index in [1.54, 1.807) is 6.07 Å². The highest BCUT2D eigenvalue weighted by molar-refractivity contribution is 7.90. The number of amides is 1. The molecule has 0 aromatic heterocycles. The predicted molar refractivity (Wildman–Crippen MR) is 125 cm³/mol. The van der Waals surface area contributed by atoms with Crippen molar-refractivity contribution in [2.45, 2.75) is 33.6 Å². The number of carbonyl (C=O) groups is 1. The molecule has 0 heterocycles. The molecule has 7 nitrogen and oxygen atoms in total. The lowest BCUT2D eigenvalue weighted by Crippen LogP contribution is -2.46. The van der Waals surface area contributed by atoms with Gasteiger partial charge < -0.3 is 10.1 Å². The number of para-hydroxylation sites is 1. The maximum absolute atomic E-state index is 12.9. The third-order valence-electron chi connectivity index (χ3n) is 4.88. The van der Waals surface area contributed by atoms with Gasteiger partial charge in [-0.05, 0) is 48.6 Å². The number of aryl methyl sites for hydroxylation is 2. The van der Waals surface area contributed by atoms with Crippen LogP contribution in [0, 0.1) is 13.8 Å². The van der Waals surface area contributed by atoms with Crippen molar-refractivity contribution in [3.63, 3.8) is 0 Å². The standard InChI is InChI=1S/C23H33N3O4S/c1-17(2)20-9-7-8-10-22(20)30-14-13-24-23(27)16-26(31(28,29)25(5)6)21-15-18(3)11-12-19(21)4/h7-12,15,17H,13-14,16H2,1-6H3,(H,24,27). The molecule has 0 bridgehead atoms. The van der Waals surface area contributed by atoms with Crippen molar-refractivity contribution in [2.75, 3.05) is 38.1 Å². The van der Waals surface area contributed by atoms with Crippen LogP contribution in [0.1, 0.15) is 36.5 Å². The lowest BCUT2D eigenvalue weighted by molar-refractivity contribution is -0.119. The Morgan fingerprint density at radius 1 is 1.10 bits per heavy atom. The number of anilines is 1. The first-order chi connectivity index (χ1) is 14.5. The molecule has 0 fully saturated rings. The molecule has 2 rings (SSSR count). The van der Waals surface area contributed by atoms with Crippen molar-refractivity contribution < 1.29 is 17.9 Å². The van der Waals surface area contributed by atoms with Crippen molar-refractivity contribution in [2.24, 2.45) is 0 Å². The maximum Gasteiger partial charge on any atom is 0.304 e. The number of benzene rings is 2. The smallest absolute Gasteiger partial charge is 0.304 e. The van der Waals surface area contributed by atoms with Crippen LogP contribution in [0.3, 0.4) is 0 Å². The molecule has 2 aromatic carbocycles. The molecule has 0 aliphatic heterocycles. The van der Waals surface area contributed by atoms with E-state index in [-0.39, 0.29) is 13.1 Å². The highest BCUT2D eigenvalue weighted by atomic mass is 32.2. The molecule has 0 aliphatic carbocycles. The second-order valence-electron chi connectivity index (χ2n) is 7.98. The summed E-state index contributed by atoms with van der Waals surface area (Å²) in [6.45, 7) is 8.15. The quantitative estimate of drug-likeness (QED) is 0.567. The molecule has 170 valence electrons. The van der Waals surface area contributed by atoms with Crippen LogP contribution in [0.2, 0.25) is 0 Å². The Bertz CT molecular complexity index is 1000. The minimum atomic E-state index is -3.84. The van der Waals surface area contributed by atoms with Gasteiger partial charge in [0.05, 0.1) is 12.2 Å². The van der Waals surface area contributed by atoms with Crippen LogP contribution in [0.4, 0.5) is 5.69 Å². The fourth-order valence-electron chi connectivity index (χ4n) is 3.10. The number of carbonyl (C=O) groups excluding carboxylic acids is 1. The fourth-order valence-corrected chi connectivity index (χ4v) is 4.22. The van der Waals surface area contributed by atoms with Crippen LogP contribution in [0.15, 0.2) is 42.5 Å². The van der Waals surface area contributed by atoms with Crippen LogP contribution in [0.5, 0.6) is 5.75 Å². The number of nitrogens with one attached hydrogen (secondary N) is 1. The Morgan fingerprint density at radius 2 is 1.77 bits per heavy atom. The lowest BCUT2D eigenvalue weighted by atomic mass is 10.0. The highest BCUT2D eigenvalue weighted by Gasteiger charge is 2.28. The first-order valence-electron chi connectivity index (χ1n) is 10.3. The first-order valence-corrected chi connectivity index (χ1v) is 11.7. The molecular formula is C23H33N3O4S. The largest absolute Gasteiger partial charge is 0.491 e. The lowest BCUT2D eigenvalue weighted by Gasteiger charge is -2.28. The van der Waals surface area contributed by atoms with E-state index < -0.39 is 16.1 Å². The zero-order valence-corrected chi connectivity index (χ0v) is 20.0. The second kappa shape index (κ2) is 10.6. The number of hydrogen-bond donors (Lipinski definition) is 1. The Labute approximate surface area is 186 Å². The normalized spacial score (nSPS) is 11.6. The Balaban J connectivity index is 2.05. The van der Waals surface area contributed by atoms with Gasteiger partial charge in [-0.15, -0.1) is 0 Å². The van der Waals surface area contributed by atoms with E-state index in [2.05, 4.69) is 19.2 Å². The van der Waals surface area contributed by atoms with E-state index in [0.29, 0.717) is 18.2 Å². The Hall–Kier alpha value is -2.58. The summed E-state index contributed by atoms with van der Waals surface area (Å²) in [5, 5.41) is 2.76. The zero-order chi connectivity index (χ0) is 23.2. The topological polar surface area (TPSA) is 79.0 Å². The van der Waals surface area contributed by atoms with E-state index in [0.717, 1.165) is 31.1 Å². The van der Waals surface area contributed by atoms with Crippen LogP contribution in [-0.4, -0.2) is 52.4 Å². The summed E-state index contributed by atoms with van der Waals surface area (Å²) in [6.07, 6.45) is 0. The third kappa shape index (κ3) is 6.45. The highest BCUT2D eigenvalue weighted by Crippen LogP contribution is 2.26. The third-order valence-corrected chi connectivity index (χ3v) is 6.69. The molecule has 0 saturated carbocycles. The summed E-state index contributed by atoms with van der Waals surface area (Å²) >= 11 is 0. The minimum absolute atomic E-state index is 0.272. The van der Waals surface area contributed by atoms with Gasteiger partial charge in [0.15, 0.2) is 0 Å². The van der Waals surface area contributed by atoms with Crippen LogP contribution in [0.25, 0.3) is 0 Å². The molecule has 0 atom stereocenters. The van der Waals surface area contributed by atoms with Gasteiger partial charge in [0.25, 0.3) is 0 Å². The summed E-state index contributed by atoms with van der Waals surface area (Å²) in [5.74, 6) is 0.721. The number of ether oxygens (including phenoxy) is 1. The average molecular weight is 448 g/mol. The van der Waals surface area contributed by atoms with E-state index in [1.807, 2.05) is 50.2 Å². The molecular weight excluding hydrogens is 414 g/mol. The molecule has 0 unspecified atom stereocenters. The molecule has 31 heavy (non-hydrogen) atoms. The Kier molecular flexibility index (Phi) is 8.47. The average Bonchev–Trinajstić information content (AvgIpc) is 2.71. The van der Waals surface area contributed by atoms with E-state index in [9.17, 15) is 13.2 Å². The Morgan fingerprint density at radius 3 is 2.42 bits per heavy atom. The summed E-state index contributed by atoms with van der Waals surface area (Å²) in [7, 11) is -0.941. The number of hydrogen-bond acceptors (Lipinski definition) is 4. The van der Waals surface area contributed by atoms with Crippen LogP contribution >= 0.6 is 0 Å². The van der Waals surface area contributed by atoms with Crippen molar-refractivity contribution in [3.8, 4) is 5.75 Å². The fraction of sp³-hybridized carbons (Fsp3) is 0.435. The van der Waals surface area contributed by atoms with Crippen molar-refractivity contribution >= 4 is 21.8 Å². The van der Waals surface area contributed by atoms with Gasteiger partial charge in [-0.25, -0.2) is 4.31 Å². The second-order valence-corrected chi connectivity index (χ2v) is 10.0. The van der Waals surface area contributed by atoms with E-state index >= 15 is 0 Å². The van der Waals surface area contributed by atoms with E-state index in [1.165, 1.54) is 14.1 Å². The SMILES string of the molecule is Cc1ccc(C)c(N(CC(=O)NCCOc2ccccc2C(C)C)S(=O)(=O)N(C)C)c1. The van der Waals surface area contributed by atoms with Crippen molar-refractivity contribution in [1.82, 2.24) is 9.62 Å².